The molecule has 0 aliphatic rings. The normalized spacial score (nSPS) is 10.1. The largest absolute Gasteiger partial charge is 0.351 e. The molecular formula is C16H23N3O. The lowest BCUT2D eigenvalue weighted by Crippen LogP contribution is -2.32. The van der Waals surface area contributed by atoms with Gasteiger partial charge in [-0.05, 0) is 44.3 Å². The van der Waals surface area contributed by atoms with Gasteiger partial charge in [0, 0.05) is 24.2 Å². The van der Waals surface area contributed by atoms with Crippen LogP contribution in [0.2, 0.25) is 0 Å². The van der Waals surface area contributed by atoms with Crippen LogP contribution in [-0.2, 0) is 0 Å². The third-order valence-electron chi connectivity index (χ3n) is 2.99. The summed E-state index contributed by atoms with van der Waals surface area (Å²) in [6, 6.07) is 5.62. The summed E-state index contributed by atoms with van der Waals surface area (Å²) >= 11 is 0. The smallest absolute Gasteiger partial charge is 0.251 e. The topological polar surface area (TPSA) is 58.4 Å². The van der Waals surface area contributed by atoms with Gasteiger partial charge in [-0.2, -0.15) is 0 Å². The van der Waals surface area contributed by atoms with Gasteiger partial charge >= 0.3 is 0 Å². The van der Waals surface area contributed by atoms with Crippen molar-refractivity contribution in [1.29, 1.82) is 0 Å². The first kappa shape index (κ1) is 16.2. The Kier molecular flexibility index (Phi) is 6.78. The number of amides is 1. The highest BCUT2D eigenvalue weighted by Gasteiger charge is 2.07. The summed E-state index contributed by atoms with van der Waals surface area (Å²) in [5, 5.41) is 2.92. The van der Waals surface area contributed by atoms with Crippen LogP contribution < -0.4 is 11.1 Å². The Morgan fingerprint density at radius 1 is 1.40 bits per heavy atom. The van der Waals surface area contributed by atoms with E-state index in [4.69, 9.17) is 5.73 Å². The standard InChI is InChI=1S/C16H23N3O/c1-4-19(3)9-8-18-16(20)15-11-13(2)10-14(12-15)6-5-7-17/h10-12H,4,7-9,17H2,1-3H3,(H,18,20). The van der Waals surface area contributed by atoms with Crippen LogP contribution in [0.3, 0.4) is 0 Å². The first-order chi connectivity index (χ1) is 9.56. The van der Waals surface area contributed by atoms with Crippen molar-refractivity contribution in [3.8, 4) is 11.8 Å². The summed E-state index contributed by atoms with van der Waals surface area (Å²) in [4.78, 5) is 14.2. The van der Waals surface area contributed by atoms with Crippen molar-refractivity contribution in [2.24, 2.45) is 5.73 Å². The van der Waals surface area contributed by atoms with Crippen molar-refractivity contribution in [2.75, 3.05) is 33.2 Å². The second-order valence-corrected chi connectivity index (χ2v) is 4.75. The van der Waals surface area contributed by atoms with Crippen molar-refractivity contribution in [1.82, 2.24) is 10.2 Å². The van der Waals surface area contributed by atoms with E-state index in [-0.39, 0.29) is 5.91 Å². The van der Waals surface area contributed by atoms with Gasteiger partial charge in [-0.25, -0.2) is 0 Å². The van der Waals surface area contributed by atoms with Crippen molar-refractivity contribution >= 4 is 5.91 Å². The summed E-state index contributed by atoms with van der Waals surface area (Å²) in [5.41, 5.74) is 7.85. The Morgan fingerprint density at radius 3 is 2.80 bits per heavy atom. The second kappa shape index (κ2) is 8.36. The quantitative estimate of drug-likeness (QED) is 0.787. The first-order valence-electron chi connectivity index (χ1n) is 6.84. The van der Waals surface area contributed by atoms with E-state index in [0.29, 0.717) is 18.7 Å². The van der Waals surface area contributed by atoms with Crippen LogP contribution in [0.4, 0.5) is 0 Å². The lowest BCUT2D eigenvalue weighted by atomic mass is 10.1. The number of hydrogen-bond acceptors (Lipinski definition) is 3. The Bertz CT molecular complexity index is 514. The Balaban J connectivity index is 2.70. The zero-order valence-electron chi connectivity index (χ0n) is 12.5. The molecule has 0 aliphatic heterocycles. The Hall–Kier alpha value is -1.83. The van der Waals surface area contributed by atoms with Crippen molar-refractivity contribution in [2.45, 2.75) is 13.8 Å². The molecule has 4 nitrogen and oxygen atoms in total. The third-order valence-corrected chi connectivity index (χ3v) is 2.99. The zero-order valence-corrected chi connectivity index (χ0v) is 12.5. The number of benzene rings is 1. The number of nitrogens with two attached hydrogens (primary N) is 1. The molecule has 1 aromatic rings. The van der Waals surface area contributed by atoms with E-state index in [0.717, 1.165) is 24.2 Å². The summed E-state index contributed by atoms with van der Waals surface area (Å²) < 4.78 is 0. The number of carbonyl (C=O) groups is 1. The Labute approximate surface area is 121 Å². The van der Waals surface area contributed by atoms with E-state index >= 15 is 0 Å². The van der Waals surface area contributed by atoms with E-state index in [1.807, 2.05) is 26.1 Å². The van der Waals surface area contributed by atoms with Crippen LogP contribution in [0.5, 0.6) is 0 Å². The molecular weight excluding hydrogens is 250 g/mol. The minimum Gasteiger partial charge on any atom is -0.351 e. The van der Waals surface area contributed by atoms with E-state index in [9.17, 15) is 4.79 Å². The van der Waals surface area contributed by atoms with E-state index in [2.05, 4.69) is 29.0 Å². The van der Waals surface area contributed by atoms with Crippen LogP contribution >= 0.6 is 0 Å². The number of aryl methyl sites for hydroxylation is 1. The maximum atomic E-state index is 12.1. The van der Waals surface area contributed by atoms with Gasteiger partial charge in [-0.3, -0.25) is 4.79 Å². The fraction of sp³-hybridized carbons (Fsp3) is 0.438. The van der Waals surface area contributed by atoms with Crippen LogP contribution in [0.15, 0.2) is 18.2 Å². The highest BCUT2D eigenvalue weighted by Crippen LogP contribution is 2.09. The number of rotatable bonds is 5. The molecule has 0 spiro atoms. The van der Waals surface area contributed by atoms with Gasteiger partial charge in [0.15, 0.2) is 0 Å². The molecule has 1 amide bonds. The first-order valence-corrected chi connectivity index (χ1v) is 6.84. The molecule has 20 heavy (non-hydrogen) atoms. The average Bonchev–Trinajstić information content (AvgIpc) is 2.44. The van der Waals surface area contributed by atoms with E-state index in [1.165, 1.54) is 0 Å². The van der Waals surface area contributed by atoms with E-state index < -0.39 is 0 Å². The predicted molar refractivity (Wildman–Crippen MR) is 82.6 cm³/mol. The molecule has 1 rings (SSSR count). The maximum absolute atomic E-state index is 12.1. The van der Waals surface area contributed by atoms with Crippen LogP contribution in [-0.4, -0.2) is 44.0 Å². The fourth-order valence-corrected chi connectivity index (χ4v) is 1.76. The van der Waals surface area contributed by atoms with Crippen molar-refractivity contribution < 1.29 is 4.79 Å². The number of hydrogen-bond donors (Lipinski definition) is 2. The Morgan fingerprint density at radius 2 is 2.15 bits per heavy atom. The number of carbonyl (C=O) groups excluding carboxylic acids is 1. The third kappa shape index (κ3) is 5.43. The molecule has 108 valence electrons. The van der Waals surface area contributed by atoms with Crippen LogP contribution in [0.25, 0.3) is 0 Å². The van der Waals surface area contributed by atoms with Crippen molar-refractivity contribution in [3.63, 3.8) is 0 Å². The zero-order chi connectivity index (χ0) is 15.0. The lowest BCUT2D eigenvalue weighted by Gasteiger charge is -2.14. The molecule has 1 aromatic carbocycles. The molecule has 3 N–H and O–H groups in total. The number of nitrogens with one attached hydrogen (secondary N) is 1. The highest BCUT2D eigenvalue weighted by atomic mass is 16.1. The van der Waals surface area contributed by atoms with Gasteiger partial charge in [0.2, 0.25) is 0 Å². The molecule has 0 aliphatic carbocycles. The monoisotopic (exact) mass is 273 g/mol. The lowest BCUT2D eigenvalue weighted by molar-refractivity contribution is 0.0950. The van der Waals surface area contributed by atoms with Gasteiger partial charge in [0.25, 0.3) is 5.91 Å². The molecule has 4 heteroatoms. The molecule has 0 bridgehead atoms. The molecule has 0 heterocycles. The van der Waals surface area contributed by atoms with Crippen LogP contribution in [0, 0.1) is 18.8 Å². The molecule has 0 fully saturated rings. The minimum atomic E-state index is -0.0611. The molecule has 0 saturated carbocycles. The van der Waals surface area contributed by atoms with Gasteiger partial charge < -0.3 is 16.0 Å². The summed E-state index contributed by atoms with van der Waals surface area (Å²) in [6.07, 6.45) is 0. The molecule has 0 aromatic heterocycles. The summed E-state index contributed by atoms with van der Waals surface area (Å²) in [5.74, 6) is 5.70. The van der Waals surface area contributed by atoms with Crippen molar-refractivity contribution in [3.05, 3.63) is 34.9 Å². The minimum absolute atomic E-state index is 0.0611. The molecule has 0 atom stereocenters. The fourth-order valence-electron chi connectivity index (χ4n) is 1.76. The average molecular weight is 273 g/mol. The second-order valence-electron chi connectivity index (χ2n) is 4.75. The summed E-state index contributed by atoms with van der Waals surface area (Å²) in [6.45, 7) is 6.81. The molecule has 0 radical (unpaired) electrons. The van der Waals surface area contributed by atoms with E-state index in [1.54, 1.807) is 6.07 Å². The predicted octanol–water partition coefficient (Wildman–Crippen LogP) is 0.987. The van der Waals surface area contributed by atoms with Gasteiger partial charge in [-0.1, -0.05) is 18.8 Å². The summed E-state index contributed by atoms with van der Waals surface area (Å²) in [7, 11) is 2.03. The van der Waals surface area contributed by atoms with Gasteiger partial charge in [-0.15, -0.1) is 0 Å². The highest BCUT2D eigenvalue weighted by molar-refractivity contribution is 5.94. The van der Waals surface area contributed by atoms with Gasteiger partial charge in [0.1, 0.15) is 0 Å². The number of likely N-dealkylation sites (N-methyl/N-ethyl adjacent to an activating group) is 1. The molecule has 0 unspecified atom stereocenters. The van der Waals surface area contributed by atoms with Crippen LogP contribution in [0.1, 0.15) is 28.4 Å². The number of nitrogens with zero attached hydrogens (tertiary/aromatic N) is 1. The maximum Gasteiger partial charge on any atom is 0.251 e. The van der Waals surface area contributed by atoms with Gasteiger partial charge in [0.05, 0.1) is 6.54 Å². The molecule has 0 saturated heterocycles. The SMILES string of the molecule is CCN(C)CCNC(=O)c1cc(C)cc(C#CCN)c1.